The van der Waals surface area contributed by atoms with E-state index in [2.05, 4.69) is 15.5 Å². The molecule has 112 valence electrons. The number of hydrogen-bond acceptors (Lipinski definition) is 4. The maximum atomic E-state index is 12.0. The molecule has 8 heteroatoms. The zero-order valence-electron chi connectivity index (χ0n) is 11.1. The van der Waals surface area contributed by atoms with Crippen molar-refractivity contribution in [2.45, 2.75) is 19.5 Å². The summed E-state index contributed by atoms with van der Waals surface area (Å²) in [5.74, 6) is 0.239. The highest BCUT2D eigenvalue weighted by atomic mass is 19.4. The third-order valence-corrected chi connectivity index (χ3v) is 2.62. The Morgan fingerprint density at radius 1 is 1.29 bits per heavy atom. The summed E-state index contributed by atoms with van der Waals surface area (Å²) in [7, 11) is 0. The van der Waals surface area contributed by atoms with Crippen LogP contribution < -0.4 is 5.32 Å². The highest BCUT2D eigenvalue weighted by Crippen LogP contribution is 2.19. The number of rotatable bonds is 4. The standard InChI is InChI=1S/C13H12F3N3O2/c1-8-18-12(21-19-8)10-4-2-9(3-5-10)11(20)17-7-6-13(14,15)16/h2-5H,6-7H2,1H3,(H,17,20). The molecule has 0 unspecified atom stereocenters. The molecule has 0 bridgehead atoms. The molecule has 0 radical (unpaired) electrons. The Balaban J connectivity index is 1.97. The number of hydrogen-bond donors (Lipinski definition) is 1. The van der Waals surface area contributed by atoms with Gasteiger partial charge in [-0.3, -0.25) is 4.79 Å². The lowest BCUT2D eigenvalue weighted by Crippen LogP contribution is -2.27. The second-order valence-electron chi connectivity index (χ2n) is 4.35. The topological polar surface area (TPSA) is 68.0 Å². The van der Waals surface area contributed by atoms with Gasteiger partial charge in [-0.15, -0.1) is 0 Å². The first kappa shape index (κ1) is 15.0. The van der Waals surface area contributed by atoms with Gasteiger partial charge in [-0.1, -0.05) is 5.16 Å². The second kappa shape index (κ2) is 5.94. The van der Waals surface area contributed by atoms with Crippen molar-refractivity contribution in [3.8, 4) is 11.5 Å². The van der Waals surface area contributed by atoms with Crippen molar-refractivity contribution in [1.82, 2.24) is 15.5 Å². The van der Waals surface area contributed by atoms with Crippen molar-refractivity contribution in [2.24, 2.45) is 0 Å². The van der Waals surface area contributed by atoms with Crippen LogP contribution >= 0.6 is 0 Å². The van der Waals surface area contributed by atoms with Crippen molar-refractivity contribution < 1.29 is 22.5 Å². The predicted molar refractivity (Wildman–Crippen MR) is 67.5 cm³/mol. The molecule has 2 rings (SSSR count). The van der Waals surface area contributed by atoms with Crippen LogP contribution in [-0.4, -0.2) is 28.8 Å². The van der Waals surface area contributed by atoms with Crippen molar-refractivity contribution in [3.63, 3.8) is 0 Å². The Hall–Kier alpha value is -2.38. The number of aryl methyl sites for hydroxylation is 1. The lowest BCUT2D eigenvalue weighted by Gasteiger charge is -2.08. The van der Waals surface area contributed by atoms with Crippen LogP contribution in [0.25, 0.3) is 11.5 Å². The maximum absolute atomic E-state index is 12.0. The van der Waals surface area contributed by atoms with E-state index in [1.54, 1.807) is 19.1 Å². The molecule has 0 fully saturated rings. The largest absolute Gasteiger partial charge is 0.390 e. The maximum Gasteiger partial charge on any atom is 0.390 e. The van der Waals surface area contributed by atoms with Crippen LogP contribution in [0.1, 0.15) is 22.6 Å². The summed E-state index contributed by atoms with van der Waals surface area (Å²) < 4.78 is 40.9. The number of alkyl halides is 3. The molecular formula is C13H12F3N3O2. The highest BCUT2D eigenvalue weighted by molar-refractivity contribution is 5.94. The number of benzene rings is 1. The summed E-state index contributed by atoms with van der Waals surface area (Å²) in [4.78, 5) is 15.7. The number of nitrogens with one attached hydrogen (secondary N) is 1. The van der Waals surface area contributed by atoms with Crippen LogP contribution in [0.15, 0.2) is 28.8 Å². The van der Waals surface area contributed by atoms with Gasteiger partial charge in [0.1, 0.15) is 0 Å². The van der Waals surface area contributed by atoms with E-state index >= 15 is 0 Å². The van der Waals surface area contributed by atoms with Crippen LogP contribution in [0.2, 0.25) is 0 Å². The first-order valence-electron chi connectivity index (χ1n) is 6.11. The van der Waals surface area contributed by atoms with Crippen molar-refractivity contribution in [3.05, 3.63) is 35.7 Å². The first-order chi connectivity index (χ1) is 9.85. The zero-order chi connectivity index (χ0) is 15.5. The van der Waals surface area contributed by atoms with Gasteiger partial charge in [-0.2, -0.15) is 18.2 Å². The van der Waals surface area contributed by atoms with E-state index in [0.717, 1.165) is 0 Å². The smallest absolute Gasteiger partial charge is 0.352 e. The monoisotopic (exact) mass is 299 g/mol. The highest BCUT2D eigenvalue weighted by Gasteiger charge is 2.26. The number of halogens is 3. The molecule has 0 atom stereocenters. The number of nitrogens with zero attached hydrogens (tertiary/aromatic N) is 2. The molecule has 1 aromatic carbocycles. The molecule has 2 aromatic rings. The van der Waals surface area contributed by atoms with E-state index in [4.69, 9.17) is 4.52 Å². The van der Waals surface area contributed by atoms with Gasteiger partial charge in [-0.05, 0) is 31.2 Å². The number of aromatic nitrogens is 2. The van der Waals surface area contributed by atoms with E-state index < -0.39 is 25.0 Å². The Morgan fingerprint density at radius 2 is 1.95 bits per heavy atom. The summed E-state index contributed by atoms with van der Waals surface area (Å²) in [6, 6.07) is 6.15. The summed E-state index contributed by atoms with van der Waals surface area (Å²) in [5, 5.41) is 5.85. The molecule has 5 nitrogen and oxygen atoms in total. The van der Waals surface area contributed by atoms with Gasteiger partial charge < -0.3 is 9.84 Å². The molecule has 0 spiro atoms. The Morgan fingerprint density at radius 3 is 2.48 bits per heavy atom. The molecule has 0 aliphatic rings. The average Bonchev–Trinajstić information content (AvgIpc) is 2.84. The summed E-state index contributed by atoms with van der Waals surface area (Å²) in [6.07, 6.45) is -5.34. The van der Waals surface area contributed by atoms with Crippen molar-refractivity contribution >= 4 is 5.91 Å². The third kappa shape index (κ3) is 4.30. The molecule has 21 heavy (non-hydrogen) atoms. The Labute approximate surface area is 118 Å². The van der Waals surface area contributed by atoms with Gasteiger partial charge in [0.2, 0.25) is 0 Å². The van der Waals surface area contributed by atoms with Gasteiger partial charge in [0.15, 0.2) is 5.82 Å². The van der Waals surface area contributed by atoms with Crippen LogP contribution in [0, 0.1) is 6.92 Å². The molecular weight excluding hydrogens is 287 g/mol. The molecule has 0 saturated heterocycles. The number of carbonyl (C=O) groups is 1. The molecule has 1 N–H and O–H groups in total. The summed E-state index contributed by atoms with van der Waals surface area (Å²) >= 11 is 0. The van der Waals surface area contributed by atoms with Crippen LogP contribution in [0.3, 0.4) is 0 Å². The second-order valence-corrected chi connectivity index (χ2v) is 4.35. The third-order valence-electron chi connectivity index (χ3n) is 2.62. The van der Waals surface area contributed by atoms with Crippen molar-refractivity contribution in [2.75, 3.05) is 6.54 Å². The van der Waals surface area contributed by atoms with E-state index in [9.17, 15) is 18.0 Å². The Kier molecular flexibility index (Phi) is 4.25. The van der Waals surface area contributed by atoms with Gasteiger partial charge in [-0.25, -0.2) is 0 Å². The fraction of sp³-hybridized carbons (Fsp3) is 0.308. The number of carbonyl (C=O) groups excluding carboxylic acids is 1. The van der Waals surface area contributed by atoms with Crippen LogP contribution in [0.4, 0.5) is 13.2 Å². The minimum Gasteiger partial charge on any atom is -0.352 e. The molecule has 0 aliphatic carbocycles. The summed E-state index contributed by atoms with van der Waals surface area (Å²) in [5.41, 5.74) is 0.889. The van der Waals surface area contributed by atoms with Crippen molar-refractivity contribution in [1.29, 1.82) is 0 Å². The SMILES string of the molecule is Cc1noc(-c2ccc(C(=O)NCCC(F)(F)F)cc2)n1. The Bertz CT molecular complexity index is 620. The lowest BCUT2D eigenvalue weighted by molar-refractivity contribution is -0.132. The lowest BCUT2D eigenvalue weighted by atomic mass is 10.1. The first-order valence-corrected chi connectivity index (χ1v) is 6.11. The van der Waals surface area contributed by atoms with E-state index in [1.807, 2.05) is 0 Å². The van der Waals surface area contributed by atoms with Gasteiger partial charge in [0.05, 0.1) is 6.42 Å². The van der Waals surface area contributed by atoms with Gasteiger partial charge >= 0.3 is 6.18 Å². The van der Waals surface area contributed by atoms with E-state index in [1.165, 1.54) is 12.1 Å². The molecule has 1 amide bonds. The zero-order valence-corrected chi connectivity index (χ0v) is 11.1. The average molecular weight is 299 g/mol. The predicted octanol–water partition coefficient (Wildman–Crippen LogP) is 2.73. The van der Waals surface area contributed by atoms with Gasteiger partial charge in [0.25, 0.3) is 11.8 Å². The molecule has 0 saturated carbocycles. The fourth-order valence-electron chi connectivity index (χ4n) is 1.60. The van der Waals surface area contributed by atoms with E-state index in [-0.39, 0.29) is 5.56 Å². The molecule has 1 heterocycles. The quantitative estimate of drug-likeness (QED) is 0.942. The minimum absolute atomic E-state index is 0.261. The normalized spacial score (nSPS) is 11.4. The molecule has 1 aromatic heterocycles. The van der Waals surface area contributed by atoms with Crippen LogP contribution in [0.5, 0.6) is 0 Å². The van der Waals surface area contributed by atoms with E-state index in [0.29, 0.717) is 17.3 Å². The van der Waals surface area contributed by atoms with Crippen LogP contribution in [-0.2, 0) is 0 Å². The van der Waals surface area contributed by atoms with Gasteiger partial charge in [0, 0.05) is 17.7 Å². The minimum atomic E-state index is -4.28. The molecule has 0 aliphatic heterocycles. The number of amides is 1. The summed E-state index contributed by atoms with van der Waals surface area (Å²) in [6.45, 7) is 1.22. The fourth-order valence-corrected chi connectivity index (χ4v) is 1.60.